The van der Waals surface area contributed by atoms with Gasteiger partial charge >= 0.3 is 0 Å². The number of carbonyl (C=O) groups is 1. The van der Waals surface area contributed by atoms with Gasteiger partial charge in [-0.25, -0.2) is 4.39 Å². The van der Waals surface area contributed by atoms with E-state index in [1.165, 1.54) is 42.6 Å². The molecule has 1 N–H and O–H groups in total. The summed E-state index contributed by atoms with van der Waals surface area (Å²) in [5.41, 5.74) is 1.55. The Labute approximate surface area is 136 Å². The van der Waals surface area contributed by atoms with Gasteiger partial charge in [-0.3, -0.25) is 9.63 Å². The van der Waals surface area contributed by atoms with Crippen LogP contribution in [0, 0.1) is 5.82 Å². The average Bonchev–Trinajstić information content (AvgIpc) is 3.15. The second-order valence-corrected chi connectivity index (χ2v) is 5.68. The summed E-state index contributed by atoms with van der Waals surface area (Å²) in [6.45, 7) is 1.41. The number of benzene rings is 1. The van der Waals surface area contributed by atoms with Gasteiger partial charge in [-0.05, 0) is 23.6 Å². The van der Waals surface area contributed by atoms with Crippen LogP contribution in [0.4, 0.5) is 4.39 Å². The van der Waals surface area contributed by atoms with Crippen molar-refractivity contribution in [3.8, 4) is 0 Å². The normalized spacial score (nSPS) is 17.3. The van der Waals surface area contributed by atoms with E-state index in [9.17, 15) is 9.18 Å². The number of hydroxylamine groups is 2. The summed E-state index contributed by atoms with van der Waals surface area (Å²) in [6, 6.07) is 7.84. The highest BCUT2D eigenvalue weighted by atomic mass is 32.1. The lowest BCUT2D eigenvalue weighted by Gasteiger charge is -2.24. The fourth-order valence-electron chi connectivity index (χ4n) is 2.33. The van der Waals surface area contributed by atoms with Gasteiger partial charge in [0, 0.05) is 23.4 Å². The third kappa shape index (κ3) is 3.06. The van der Waals surface area contributed by atoms with Crippen molar-refractivity contribution in [2.45, 2.75) is 13.2 Å². The van der Waals surface area contributed by atoms with Crippen LogP contribution < -0.4 is 5.32 Å². The molecule has 1 aromatic heterocycles. The second kappa shape index (κ2) is 6.39. The number of carbonyl (C=O) groups excluding carboxylic acids is 1. The van der Waals surface area contributed by atoms with E-state index in [0.29, 0.717) is 17.1 Å². The van der Waals surface area contributed by atoms with Gasteiger partial charge in [0.15, 0.2) is 11.6 Å². The Hall–Kier alpha value is -2.38. The zero-order valence-corrected chi connectivity index (χ0v) is 13.4. The average molecular weight is 334 g/mol. The van der Waals surface area contributed by atoms with Crippen molar-refractivity contribution in [1.29, 1.82) is 0 Å². The molecule has 1 aliphatic heterocycles. The minimum atomic E-state index is -0.614. The van der Waals surface area contributed by atoms with E-state index in [1.807, 2.05) is 16.8 Å². The van der Waals surface area contributed by atoms with Crippen LogP contribution in [0.2, 0.25) is 0 Å². The maximum atomic E-state index is 13.1. The van der Waals surface area contributed by atoms with E-state index in [1.54, 1.807) is 12.1 Å². The molecule has 0 spiro atoms. The molecule has 1 unspecified atom stereocenters. The van der Waals surface area contributed by atoms with E-state index in [2.05, 4.69) is 5.32 Å². The van der Waals surface area contributed by atoms with Gasteiger partial charge < -0.3 is 10.1 Å². The van der Waals surface area contributed by atoms with Crippen LogP contribution in [0.5, 0.6) is 0 Å². The number of nitrogens with one attached hydrogen (secondary N) is 1. The number of rotatable bonds is 4. The van der Waals surface area contributed by atoms with Crippen LogP contribution in [0.1, 0.15) is 24.3 Å². The predicted molar refractivity (Wildman–Crippen MR) is 84.1 cm³/mol. The summed E-state index contributed by atoms with van der Waals surface area (Å²) in [4.78, 5) is 16.9. The van der Waals surface area contributed by atoms with Crippen molar-refractivity contribution in [2.75, 3.05) is 7.11 Å². The molecule has 3 rings (SSSR count). The minimum Gasteiger partial charge on any atom is -0.459 e. The Bertz CT molecular complexity index is 728. The van der Waals surface area contributed by atoms with Crippen LogP contribution in [0.3, 0.4) is 0 Å². The fraction of sp³-hybridized carbons (Fsp3) is 0.188. The largest absolute Gasteiger partial charge is 0.459 e. The first-order valence-electron chi connectivity index (χ1n) is 6.90. The molecule has 2 aromatic rings. The summed E-state index contributed by atoms with van der Waals surface area (Å²) in [5, 5.41) is 8.03. The molecule has 1 aromatic carbocycles. The highest BCUT2D eigenvalue weighted by Crippen LogP contribution is 2.40. The number of nitrogens with zero attached hydrogens (tertiary/aromatic N) is 1. The highest BCUT2D eigenvalue weighted by molar-refractivity contribution is 7.08. The second-order valence-electron chi connectivity index (χ2n) is 4.90. The molecular weight excluding hydrogens is 319 g/mol. The van der Waals surface area contributed by atoms with Crippen molar-refractivity contribution in [1.82, 2.24) is 10.4 Å². The molecule has 0 saturated heterocycles. The maximum Gasteiger partial charge on any atom is 0.223 e. The summed E-state index contributed by atoms with van der Waals surface area (Å²) < 4.78 is 19.1. The maximum absolute atomic E-state index is 13.1. The monoisotopic (exact) mass is 334 g/mol. The number of amides is 1. The van der Waals surface area contributed by atoms with Gasteiger partial charge in [0.05, 0.1) is 7.11 Å². The molecule has 0 saturated carbocycles. The van der Waals surface area contributed by atoms with Crippen LogP contribution in [-0.2, 0) is 14.4 Å². The molecule has 120 valence electrons. The third-order valence-corrected chi connectivity index (χ3v) is 3.99. The smallest absolute Gasteiger partial charge is 0.223 e. The fourth-order valence-corrected chi connectivity index (χ4v) is 2.96. The van der Waals surface area contributed by atoms with E-state index in [4.69, 9.17) is 9.57 Å². The van der Waals surface area contributed by atoms with Crippen LogP contribution in [0.15, 0.2) is 46.9 Å². The number of hydrogen-bond acceptors (Lipinski definition) is 5. The van der Waals surface area contributed by atoms with Gasteiger partial charge in [0.2, 0.25) is 12.1 Å². The van der Waals surface area contributed by atoms with E-state index < -0.39 is 6.23 Å². The Kier molecular flexibility index (Phi) is 4.31. The van der Waals surface area contributed by atoms with E-state index in [0.717, 1.165) is 5.56 Å². The number of thiophene rings is 1. The lowest BCUT2D eigenvalue weighted by Crippen LogP contribution is -2.33. The summed E-state index contributed by atoms with van der Waals surface area (Å²) in [5.74, 6) is 0.368. The topological polar surface area (TPSA) is 50.8 Å². The highest BCUT2D eigenvalue weighted by Gasteiger charge is 2.37. The number of halogens is 1. The van der Waals surface area contributed by atoms with Crippen molar-refractivity contribution >= 4 is 23.0 Å². The summed E-state index contributed by atoms with van der Waals surface area (Å²) in [7, 11) is 1.48. The van der Waals surface area contributed by atoms with Crippen LogP contribution in [0.25, 0.3) is 5.76 Å². The molecule has 0 fully saturated rings. The quantitative estimate of drug-likeness (QED) is 0.933. The van der Waals surface area contributed by atoms with Gasteiger partial charge in [-0.1, -0.05) is 12.1 Å². The van der Waals surface area contributed by atoms with Crippen LogP contribution in [-0.4, -0.2) is 18.1 Å². The first-order valence-corrected chi connectivity index (χ1v) is 7.84. The van der Waals surface area contributed by atoms with Crippen molar-refractivity contribution in [3.05, 3.63) is 63.9 Å². The number of hydrogen-bond donors (Lipinski definition) is 1. The van der Waals surface area contributed by atoms with Crippen molar-refractivity contribution < 1.29 is 18.8 Å². The standard InChI is InChI=1S/C16H15FN2O3S/c1-10(20)18-15-14(12-7-8-23-9-12)22-16(19(15)21-2)11-3-5-13(17)6-4-11/h3-9,16H,1-2H3,(H,18,20). The SMILES string of the molecule is CON1C(NC(C)=O)=C(c2ccsc2)OC1c1ccc(F)cc1. The molecule has 1 amide bonds. The third-order valence-electron chi connectivity index (χ3n) is 3.31. The van der Waals surface area contributed by atoms with E-state index in [-0.39, 0.29) is 11.7 Å². The molecule has 1 atom stereocenters. The molecule has 1 aliphatic rings. The summed E-state index contributed by atoms with van der Waals surface area (Å²) in [6.07, 6.45) is -0.614. The first-order chi connectivity index (χ1) is 11.1. The first kappa shape index (κ1) is 15.5. The molecule has 0 radical (unpaired) electrons. The Balaban J connectivity index is 2.00. The lowest BCUT2D eigenvalue weighted by molar-refractivity contribution is -0.180. The van der Waals surface area contributed by atoms with Gasteiger partial charge in [0.1, 0.15) is 5.82 Å². The lowest BCUT2D eigenvalue weighted by atomic mass is 10.2. The molecule has 7 heteroatoms. The zero-order chi connectivity index (χ0) is 16.4. The Morgan fingerprint density at radius 3 is 2.65 bits per heavy atom. The van der Waals surface area contributed by atoms with Gasteiger partial charge in [-0.15, -0.1) is 0 Å². The minimum absolute atomic E-state index is 0.238. The Morgan fingerprint density at radius 1 is 1.35 bits per heavy atom. The molecule has 23 heavy (non-hydrogen) atoms. The predicted octanol–water partition coefficient (Wildman–Crippen LogP) is 3.24. The van der Waals surface area contributed by atoms with E-state index >= 15 is 0 Å². The van der Waals surface area contributed by atoms with Gasteiger partial charge in [-0.2, -0.15) is 16.4 Å². The van der Waals surface area contributed by atoms with Gasteiger partial charge in [0.25, 0.3) is 0 Å². The summed E-state index contributed by atoms with van der Waals surface area (Å²) >= 11 is 1.52. The van der Waals surface area contributed by atoms with Crippen LogP contribution >= 0.6 is 11.3 Å². The number of ether oxygens (including phenoxy) is 1. The Morgan fingerprint density at radius 2 is 2.09 bits per heavy atom. The molecule has 0 aliphatic carbocycles. The molecular formula is C16H15FN2O3S. The van der Waals surface area contributed by atoms with Crippen molar-refractivity contribution in [2.24, 2.45) is 0 Å². The molecule has 0 bridgehead atoms. The molecule has 2 heterocycles. The molecule has 5 nitrogen and oxygen atoms in total. The van der Waals surface area contributed by atoms with Crippen molar-refractivity contribution in [3.63, 3.8) is 0 Å². The zero-order valence-electron chi connectivity index (χ0n) is 12.6.